The second-order valence-electron chi connectivity index (χ2n) is 4.83. The van der Waals surface area contributed by atoms with E-state index in [1.165, 1.54) is 13.8 Å². The van der Waals surface area contributed by atoms with E-state index in [9.17, 15) is 24.3 Å². The van der Waals surface area contributed by atoms with Crippen molar-refractivity contribution >= 4 is 23.9 Å². The van der Waals surface area contributed by atoms with Gasteiger partial charge < -0.3 is 29.4 Å². The van der Waals surface area contributed by atoms with E-state index in [0.29, 0.717) is 5.70 Å². The predicted molar refractivity (Wildman–Crippen MR) is 76.6 cm³/mol. The summed E-state index contributed by atoms with van der Waals surface area (Å²) in [5.74, 6) is -5.73. The summed E-state index contributed by atoms with van der Waals surface area (Å²) in [4.78, 5) is 47.0. The third-order valence-electron chi connectivity index (χ3n) is 3.23. The van der Waals surface area contributed by atoms with Gasteiger partial charge in [0.15, 0.2) is 0 Å². The number of methoxy groups -OCH3 is 1. The van der Waals surface area contributed by atoms with Crippen molar-refractivity contribution < 1.29 is 68.1 Å². The van der Waals surface area contributed by atoms with E-state index >= 15 is 0 Å². The molecule has 10 heteroatoms. The summed E-state index contributed by atoms with van der Waals surface area (Å²) < 4.78 is 14.2. The fourth-order valence-electron chi connectivity index (χ4n) is 2.30. The number of carboxylic acid groups (broad SMARTS) is 1. The summed E-state index contributed by atoms with van der Waals surface area (Å²) >= 11 is 0. The Morgan fingerprint density at radius 1 is 1.04 bits per heavy atom. The number of ether oxygens (including phenoxy) is 3. The molecule has 0 aromatic rings. The van der Waals surface area contributed by atoms with E-state index in [2.05, 4.69) is 14.8 Å². The molecule has 25 heavy (non-hydrogen) atoms. The van der Waals surface area contributed by atoms with Gasteiger partial charge in [0.1, 0.15) is 12.5 Å². The first-order valence-corrected chi connectivity index (χ1v) is 7.05. The second-order valence-corrected chi connectivity index (χ2v) is 4.83. The number of carbonyl (C=O) groups is 4. The third-order valence-corrected chi connectivity index (χ3v) is 3.23. The van der Waals surface area contributed by atoms with Gasteiger partial charge in [-0.15, -0.1) is 0 Å². The maximum Gasteiger partial charge on any atom is 1.00 e. The first-order valence-electron chi connectivity index (χ1n) is 7.05. The maximum atomic E-state index is 12.2. The van der Waals surface area contributed by atoms with Crippen molar-refractivity contribution in [2.45, 2.75) is 20.8 Å². The predicted octanol–water partition coefficient (Wildman–Crippen LogP) is -4.21. The van der Waals surface area contributed by atoms with Gasteiger partial charge in [0.2, 0.25) is 0 Å². The molecule has 1 unspecified atom stereocenters. The number of dihydropyridines is 1. The number of carboxylic acids is 1. The zero-order valence-corrected chi connectivity index (χ0v) is 16.8. The Balaban J connectivity index is 0.00000576. The topological polar surface area (TPSA) is 131 Å². The Morgan fingerprint density at radius 3 is 1.92 bits per heavy atom. The molecule has 1 aliphatic rings. The Labute approximate surface area is 166 Å². The van der Waals surface area contributed by atoms with Gasteiger partial charge in [0.25, 0.3) is 0 Å². The molecule has 0 fully saturated rings. The van der Waals surface area contributed by atoms with Crippen LogP contribution in [0, 0.1) is 5.92 Å². The molecule has 9 nitrogen and oxygen atoms in total. The summed E-state index contributed by atoms with van der Waals surface area (Å²) in [5, 5.41) is 13.2. The van der Waals surface area contributed by atoms with E-state index < -0.39 is 36.4 Å². The third kappa shape index (κ3) is 5.58. The van der Waals surface area contributed by atoms with E-state index in [4.69, 9.17) is 4.74 Å². The van der Waals surface area contributed by atoms with Gasteiger partial charge in [-0.05, 0) is 20.8 Å². The van der Waals surface area contributed by atoms with Crippen molar-refractivity contribution in [3.63, 3.8) is 0 Å². The molecule has 0 saturated heterocycles. The molecule has 0 aliphatic carbocycles. The van der Waals surface area contributed by atoms with Crippen molar-refractivity contribution in [3.05, 3.63) is 22.5 Å². The van der Waals surface area contributed by atoms with Crippen LogP contribution in [0.15, 0.2) is 22.5 Å². The first kappa shape index (κ1) is 23.2. The zero-order chi connectivity index (χ0) is 18.4. The van der Waals surface area contributed by atoms with Crippen LogP contribution >= 0.6 is 0 Å². The number of aliphatic carboxylic acids is 1. The SMILES string of the molecule is CCOC(=O)C1=C(C)NC(C)=C(C(=O)OCC(=O)[O-])C1C(=O)OC.[Na+]. The molecule has 1 heterocycles. The second kappa shape index (κ2) is 10.2. The first-order chi connectivity index (χ1) is 11.2. The van der Waals surface area contributed by atoms with Crippen molar-refractivity contribution in [2.75, 3.05) is 20.3 Å². The van der Waals surface area contributed by atoms with E-state index in [0.717, 1.165) is 7.11 Å². The average Bonchev–Trinajstić information content (AvgIpc) is 2.51. The molecule has 0 aromatic carbocycles. The number of hydrogen-bond donors (Lipinski definition) is 1. The van der Waals surface area contributed by atoms with Crippen LogP contribution < -0.4 is 40.0 Å². The molecule has 0 radical (unpaired) electrons. The molecule has 0 aromatic heterocycles. The Morgan fingerprint density at radius 2 is 1.52 bits per heavy atom. The van der Waals surface area contributed by atoms with E-state index in [1.807, 2.05) is 0 Å². The molecule has 0 spiro atoms. The fourth-order valence-corrected chi connectivity index (χ4v) is 2.30. The van der Waals surface area contributed by atoms with Crippen LogP contribution in [-0.4, -0.2) is 44.2 Å². The Kier molecular flexibility index (Phi) is 9.47. The number of carbonyl (C=O) groups excluding carboxylic acids is 4. The van der Waals surface area contributed by atoms with Gasteiger partial charge in [-0.1, -0.05) is 0 Å². The Bertz CT molecular complexity index is 637. The minimum Gasteiger partial charge on any atom is -0.546 e. The van der Waals surface area contributed by atoms with Crippen LogP contribution in [0.3, 0.4) is 0 Å². The van der Waals surface area contributed by atoms with Gasteiger partial charge >= 0.3 is 47.5 Å². The number of nitrogens with one attached hydrogen (secondary N) is 1. The molecule has 0 amide bonds. The largest absolute Gasteiger partial charge is 1.00 e. The Hall–Kier alpha value is -1.84. The summed E-state index contributed by atoms with van der Waals surface area (Å²) in [6.45, 7) is 3.69. The van der Waals surface area contributed by atoms with Gasteiger partial charge in [0.05, 0.1) is 30.8 Å². The van der Waals surface area contributed by atoms with Crippen molar-refractivity contribution in [1.82, 2.24) is 5.32 Å². The molecular formula is C15H18NNaO8. The standard InChI is InChI=1S/C15H19NO8.Na/c1-5-23-14(20)10-7(2)16-8(3)11(12(10)13(19)22-4)15(21)24-6-9(17)18;/h12,16H,5-6H2,1-4H3,(H,17,18);/q;+1/p-1. The number of allylic oxidation sites excluding steroid dienone is 2. The minimum atomic E-state index is -1.60. The summed E-state index contributed by atoms with van der Waals surface area (Å²) in [6.07, 6.45) is 0. The quantitative estimate of drug-likeness (QED) is 0.283. The summed E-state index contributed by atoms with van der Waals surface area (Å²) in [7, 11) is 1.10. The normalized spacial score (nSPS) is 16.4. The van der Waals surface area contributed by atoms with Gasteiger partial charge in [-0.25, -0.2) is 9.59 Å². The monoisotopic (exact) mass is 363 g/mol. The molecule has 132 valence electrons. The molecule has 1 rings (SSSR count). The van der Waals surface area contributed by atoms with Crippen LogP contribution in [0.25, 0.3) is 0 Å². The molecule has 0 saturated carbocycles. The molecule has 1 N–H and O–H groups in total. The van der Waals surface area contributed by atoms with Crippen molar-refractivity contribution in [2.24, 2.45) is 5.92 Å². The van der Waals surface area contributed by atoms with Gasteiger partial charge in [-0.3, -0.25) is 4.79 Å². The van der Waals surface area contributed by atoms with Crippen LogP contribution in [0.1, 0.15) is 20.8 Å². The van der Waals surface area contributed by atoms with E-state index in [1.54, 1.807) is 6.92 Å². The van der Waals surface area contributed by atoms with Crippen molar-refractivity contribution in [1.29, 1.82) is 0 Å². The van der Waals surface area contributed by atoms with Crippen LogP contribution in [-0.2, 0) is 33.4 Å². The fraction of sp³-hybridized carbons (Fsp3) is 0.467. The number of rotatable bonds is 6. The number of esters is 3. The summed E-state index contributed by atoms with van der Waals surface area (Å²) in [6, 6.07) is 0. The van der Waals surface area contributed by atoms with Gasteiger partial charge in [0, 0.05) is 11.4 Å². The van der Waals surface area contributed by atoms with E-state index in [-0.39, 0.29) is 53.0 Å². The average molecular weight is 363 g/mol. The number of hydrogen-bond acceptors (Lipinski definition) is 9. The van der Waals surface area contributed by atoms with Gasteiger partial charge in [-0.2, -0.15) is 0 Å². The smallest absolute Gasteiger partial charge is 0.546 e. The molecule has 0 bridgehead atoms. The molecule has 1 atom stereocenters. The van der Waals surface area contributed by atoms with Crippen molar-refractivity contribution in [3.8, 4) is 0 Å². The van der Waals surface area contributed by atoms with Crippen LogP contribution in [0.4, 0.5) is 0 Å². The van der Waals surface area contributed by atoms with Crippen LogP contribution in [0.5, 0.6) is 0 Å². The minimum absolute atomic E-state index is 0. The summed E-state index contributed by atoms with van der Waals surface area (Å²) in [5.41, 5.74) is 0.226. The maximum absolute atomic E-state index is 12.2. The zero-order valence-electron chi connectivity index (χ0n) is 14.8. The molecule has 1 aliphatic heterocycles. The van der Waals surface area contributed by atoms with Crippen LogP contribution in [0.2, 0.25) is 0 Å². The molecular weight excluding hydrogens is 345 g/mol.